The molecule has 1 aromatic rings. The number of nitrogens with zero attached hydrogens (tertiary/aromatic N) is 1. The molecule has 1 saturated carbocycles. The minimum absolute atomic E-state index is 0.155. The number of carbonyl (C=O) groups is 1. The minimum Gasteiger partial charge on any atom is -0.459 e. The van der Waals surface area contributed by atoms with Gasteiger partial charge in [-0.15, -0.1) is 0 Å². The molecule has 128 valence electrons. The molecule has 0 radical (unpaired) electrons. The first-order chi connectivity index (χ1) is 11.2. The van der Waals surface area contributed by atoms with Crippen LogP contribution in [0.15, 0.2) is 21.7 Å². The highest BCUT2D eigenvalue weighted by atomic mass is 16.3. The van der Waals surface area contributed by atoms with E-state index in [1.807, 2.05) is 6.92 Å². The standard InChI is InChI=1S/C17H28N4O2/c1-13-9-12-23-15(13)16(22)19-10-6-11-20-17(18-2)21-14-7-4-3-5-8-14/h9,12,14H,3-8,10-11H2,1-2H3,(H,19,22)(H2,18,20,21). The smallest absolute Gasteiger partial charge is 0.287 e. The van der Waals surface area contributed by atoms with Crippen LogP contribution in [0.25, 0.3) is 0 Å². The molecule has 1 aliphatic carbocycles. The van der Waals surface area contributed by atoms with Crippen LogP contribution < -0.4 is 16.0 Å². The van der Waals surface area contributed by atoms with Crippen LogP contribution in [-0.2, 0) is 0 Å². The van der Waals surface area contributed by atoms with E-state index in [4.69, 9.17) is 4.42 Å². The lowest BCUT2D eigenvalue weighted by molar-refractivity contribution is 0.0925. The highest BCUT2D eigenvalue weighted by Gasteiger charge is 2.14. The van der Waals surface area contributed by atoms with Crippen LogP contribution in [0.5, 0.6) is 0 Å². The van der Waals surface area contributed by atoms with E-state index in [1.54, 1.807) is 13.1 Å². The summed E-state index contributed by atoms with van der Waals surface area (Å²) in [7, 11) is 1.79. The highest BCUT2D eigenvalue weighted by Crippen LogP contribution is 2.17. The molecular formula is C17H28N4O2. The van der Waals surface area contributed by atoms with Crippen molar-refractivity contribution in [3.05, 3.63) is 23.7 Å². The zero-order valence-electron chi connectivity index (χ0n) is 14.2. The first-order valence-electron chi connectivity index (χ1n) is 8.50. The average Bonchev–Trinajstić information content (AvgIpc) is 3.00. The van der Waals surface area contributed by atoms with Gasteiger partial charge >= 0.3 is 0 Å². The first kappa shape index (κ1) is 17.4. The molecule has 0 saturated heterocycles. The molecule has 0 spiro atoms. The molecule has 23 heavy (non-hydrogen) atoms. The molecule has 1 heterocycles. The van der Waals surface area contributed by atoms with Crippen LogP contribution in [0.3, 0.4) is 0 Å². The molecule has 0 aliphatic heterocycles. The number of guanidine groups is 1. The van der Waals surface area contributed by atoms with Gasteiger partial charge in [0, 0.05) is 31.7 Å². The summed E-state index contributed by atoms with van der Waals surface area (Å²) in [6.45, 7) is 3.23. The van der Waals surface area contributed by atoms with Crippen molar-refractivity contribution in [2.75, 3.05) is 20.1 Å². The highest BCUT2D eigenvalue weighted by molar-refractivity contribution is 5.92. The normalized spacial score (nSPS) is 16.2. The van der Waals surface area contributed by atoms with Crippen LogP contribution in [0.4, 0.5) is 0 Å². The van der Waals surface area contributed by atoms with E-state index in [1.165, 1.54) is 38.4 Å². The molecule has 1 aliphatic rings. The second-order valence-corrected chi connectivity index (χ2v) is 6.02. The van der Waals surface area contributed by atoms with Crippen molar-refractivity contribution in [3.63, 3.8) is 0 Å². The number of furan rings is 1. The van der Waals surface area contributed by atoms with Crippen LogP contribution in [0, 0.1) is 6.92 Å². The Morgan fingerprint density at radius 3 is 2.65 bits per heavy atom. The largest absolute Gasteiger partial charge is 0.459 e. The summed E-state index contributed by atoms with van der Waals surface area (Å²) in [5.41, 5.74) is 0.859. The number of hydrogen-bond acceptors (Lipinski definition) is 3. The lowest BCUT2D eigenvalue weighted by Crippen LogP contribution is -2.44. The second kappa shape index (κ2) is 9.22. The second-order valence-electron chi connectivity index (χ2n) is 6.02. The van der Waals surface area contributed by atoms with Crippen molar-refractivity contribution in [2.24, 2.45) is 4.99 Å². The van der Waals surface area contributed by atoms with E-state index >= 15 is 0 Å². The summed E-state index contributed by atoms with van der Waals surface area (Å²) in [5.74, 6) is 1.09. The Hall–Kier alpha value is -1.98. The van der Waals surface area contributed by atoms with Crippen molar-refractivity contribution < 1.29 is 9.21 Å². The van der Waals surface area contributed by atoms with Gasteiger partial charge in [0.05, 0.1) is 6.26 Å². The number of amides is 1. The number of rotatable bonds is 6. The van der Waals surface area contributed by atoms with Crippen LogP contribution in [-0.4, -0.2) is 38.0 Å². The van der Waals surface area contributed by atoms with Crippen molar-refractivity contribution in [3.8, 4) is 0 Å². The fourth-order valence-electron chi connectivity index (χ4n) is 2.82. The summed E-state index contributed by atoms with van der Waals surface area (Å²) < 4.78 is 5.17. The predicted molar refractivity (Wildman–Crippen MR) is 91.8 cm³/mol. The van der Waals surface area contributed by atoms with Gasteiger partial charge in [-0.25, -0.2) is 0 Å². The predicted octanol–water partition coefficient (Wildman–Crippen LogP) is 2.21. The van der Waals surface area contributed by atoms with E-state index in [2.05, 4.69) is 20.9 Å². The lowest BCUT2D eigenvalue weighted by Gasteiger charge is -2.24. The van der Waals surface area contributed by atoms with Crippen LogP contribution in [0.1, 0.15) is 54.6 Å². The molecule has 2 rings (SSSR count). The van der Waals surface area contributed by atoms with Gasteiger partial charge in [-0.2, -0.15) is 0 Å². The van der Waals surface area contributed by atoms with Crippen LogP contribution in [0.2, 0.25) is 0 Å². The van der Waals surface area contributed by atoms with E-state index in [0.29, 0.717) is 18.3 Å². The molecule has 6 heteroatoms. The van der Waals surface area contributed by atoms with E-state index < -0.39 is 0 Å². The van der Waals surface area contributed by atoms with E-state index in [-0.39, 0.29) is 5.91 Å². The van der Waals surface area contributed by atoms with E-state index in [0.717, 1.165) is 24.5 Å². The molecule has 0 unspecified atom stereocenters. The Bertz CT molecular complexity index is 518. The van der Waals surface area contributed by atoms with Gasteiger partial charge in [0.25, 0.3) is 5.91 Å². The monoisotopic (exact) mass is 320 g/mol. The topological polar surface area (TPSA) is 78.7 Å². The fourth-order valence-corrected chi connectivity index (χ4v) is 2.82. The molecule has 6 nitrogen and oxygen atoms in total. The quantitative estimate of drug-likeness (QED) is 0.426. The molecule has 0 aromatic carbocycles. The van der Waals surface area contributed by atoms with Gasteiger partial charge in [0.1, 0.15) is 0 Å². The third-order valence-electron chi connectivity index (χ3n) is 4.17. The minimum atomic E-state index is -0.155. The Morgan fingerprint density at radius 2 is 2.00 bits per heavy atom. The summed E-state index contributed by atoms with van der Waals surface area (Å²) >= 11 is 0. The Kier molecular flexibility index (Phi) is 6.97. The zero-order chi connectivity index (χ0) is 16.5. The Labute approximate surface area is 138 Å². The SMILES string of the molecule is CN=C(NCCCNC(=O)c1occc1C)NC1CCCCC1. The number of aryl methyl sites for hydroxylation is 1. The molecule has 1 fully saturated rings. The van der Waals surface area contributed by atoms with Crippen molar-refractivity contribution in [2.45, 2.75) is 51.5 Å². The third-order valence-corrected chi connectivity index (χ3v) is 4.17. The Morgan fingerprint density at radius 1 is 1.26 bits per heavy atom. The average molecular weight is 320 g/mol. The fraction of sp³-hybridized carbons (Fsp3) is 0.647. The number of carbonyl (C=O) groups excluding carboxylic acids is 1. The molecule has 3 N–H and O–H groups in total. The van der Waals surface area contributed by atoms with Crippen LogP contribution >= 0.6 is 0 Å². The summed E-state index contributed by atoms with van der Waals surface area (Å²) in [5, 5.41) is 9.64. The van der Waals surface area contributed by atoms with Gasteiger partial charge in [0.2, 0.25) is 0 Å². The number of hydrogen-bond donors (Lipinski definition) is 3. The molecule has 1 aromatic heterocycles. The molecule has 0 bridgehead atoms. The lowest BCUT2D eigenvalue weighted by atomic mass is 9.96. The first-order valence-corrected chi connectivity index (χ1v) is 8.50. The molecular weight excluding hydrogens is 292 g/mol. The Balaban J connectivity index is 1.60. The molecule has 1 amide bonds. The maximum atomic E-state index is 11.9. The zero-order valence-corrected chi connectivity index (χ0v) is 14.2. The summed E-state index contributed by atoms with van der Waals surface area (Å²) in [4.78, 5) is 16.1. The number of nitrogens with one attached hydrogen (secondary N) is 3. The van der Waals surface area contributed by atoms with Crippen molar-refractivity contribution >= 4 is 11.9 Å². The van der Waals surface area contributed by atoms with Gasteiger partial charge in [-0.3, -0.25) is 9.79 Å². The van der Waals surface area contributed by atoms with Gasteiger partial charge in [-0.1, -0.05) is 19.3 Å². The number of aliphatic imine (C=N–C) groups is 1. The van der Waals surface area contributed by atoms with Gasteiger partial charge in [0.15, 0.2) is 11.7 Å². The third kappa shape index (κ3) is 5.62. The maximum Gasteiger partial charge on any atom is 0.287 e. The molecule has 0 atom stereocenters. The van der Waals surface area contributed by atoms with E-state index in [9.17, 15) is 4.79 Å². The summed E-state index contributed by atoms with van der Waals surface area (Å²) in [6, 6.07) is 2.33. The van der Waals surface area contributed by atoms with Gasteiger partial charge in [-0.05, 0) is 32.3 Å². The van der Waals surface area contributed by atoms with Gasteiger partial charge < -0.3 is 20.4 Å². The van der Waals surface area contributed by atoms with Crippen molar-refractivity contribution in [1.82, 2.24) is 16.0 Å². The summed E-state index contributed by atoms with van der Waals surface area (Å²) in [6.07, 6.45) is 8.75. The van der Waals surface area contributed by atoms with Crippen molar-refractivity contribution in [1.29, 1.82) is 0 Å². The maximum absolute atomic E-state index is 11.9.